The Morgan fingerprint density at radius 1 is 1.24 bits per heavy atom. The molecule has 0 amide bonds. The first-order valence-corrected chi connectivity index (χ1v) is 7.33. The fourth-order valence-electron chi connectivity index (χ4n) is 5.08. The maximum atomic E-state index is 6.40. The van der Waals surface area contributed by atoms with E-state index in [1.807, 2.05) is 0 Å². The molecule has 0 radical (unpaired) electrons. The van der Waals surface area contributed by atoms with Crippen LogP contribution in [0.15, 0.2) is 0 Å². The highest BCUT2D eigenvalue weighted by Crippen LogP contribution is 2.73. The van der Waals surface area contributed by atoms with E-state index in [1.165, 1.54) is 19.3 Å². The second kappa shape index (κ2) is 3.48. The molecule has 1 spiro atoms. The lowest BCUT2D eigenvalue weighted by atomic mass is 9.65. The van der Waals surface area contributed by atoms with Crippen LogP contribution in [0.5, 0.6) is 0 Å². The quantitative estimate of drug-likeness (QED) is 0.729. The summed E-state index contributed by atoms with van der Waals surface area (Å²) in [5.41, 5.74) is 0.638. The molecule has 17 heavy (non-hydrogen) atoms. The van der Waals surface area contributed by atoms with Crippen LogP contribution in [0.25, 0.3) is 0 Å². The van der Waals surface area contributed by atoms with Gasteiger partial charge in [-0.2, -0.15) is 0 Å². The predicted octanol–water partition coefficient (Wildman–Crippen LogP) is 3.74. The van der Waals surface area contributed by atoms with Crippen LogP contribution in [-0.4, -0.2) is 18.5 Å². The van der Waals surface area contributed by atoms with Gasteiger partial charge in [0, 0.05) is 11.8 Å². The summed E-state index contributed by atoms with van der Waals surface area (Å²) in [6.45, 7) is 10.2. The smallest absolute Gasteiger partial charge is 0.175 e. The highest BCUT2D eigenvalue weighted by Gasteiger charge is 2.73. The van der Waals surface area contributed by atoms with Crippen LogP contribution in [0.1, 0.15) is 59.8 Å². The molecule has 98 valence electrons. The van der Waals surface area contributed by atoms with E-state index < -0.39 is 0 Å². The van der Waals surface area contributed by atoms with E-state index in [1.54, 1.807) is 0 Å². The summed E-state index contributed by atoms with van der Waals surface area (Å²) >= 11 is 0. The van der Waals surface area contributed by atoms with Gasteiger partial charge in [0.15, 0.2) is 5.79 Å². The summed E-state index contributed by atoms with van der Waals surface area (Å²) in [6.07, 6.45) is 6.38. The van der Waals surface area contributed by atoms with E-state index >= 15 is 0 Å². The Bertz CT molecular complexity index is 325. The second-order valence-corrected chi connectivity index (χ2v) is 6.81. The lowest BCUT2D eigenvalue weighted by Gasteiger charge is -2.47. The number of ether oxygens (including phenoxy) is 2. The molecule has 1 saturated heterocycles. The molecule has 2 aliphatic carbocycles. The predicted molar refractivity (Wildman–Crippen MR) is 67.7 cm³/mol. The number of hydrogen-bond acceptors (Lipinski definition) is 2. The Labute approximate surface area is 105 Å². The highest BCUT2D eigenvalue weighted by atomic mass is 16.7. The van der Waals surface area contributed by atoms with Gasteiger partial charge in [-0.15, -0.1) is 0 Å². The minimum Gasteiger partial charge on any atom is -0.347 e. The Morgan fingerprint density at radius 3 is 2.53 bits per heavy atom. The molecular weight excluding hydrogens is 212 g/mol. The lowest BCUT2D eigenvalue weighted by molar-refractivity contribution is -0.252. The molecule has 2 saturated carbocycles. The third kappa shape index (κ3) is 1.19. The van der Waals surface area contributed by atoms with Crippen molar-refractivity contribution in [1.29, 1.82) is 0 Å². The summed E-state index contributed by atoms with van der Waals surface area (Å²) in [5, 5.41) is 0. The Morgan fingerprint density at radius 2 is 2.00 bits per heavy atom. The van der Waals surface area contributed by atoms with Gasteiger partial charge in [-0.3, -0.25) is 0 Å². The summed E-state index contributed by atoms with van der Waals surface area (Å²) in [7, 11) is 0. The molecule has 1 heterocycles. The van der Waals surface area contributed by atoms with Gasteiger partial charge in [0.2, 0.25) is 0 Å². The van der Waals surface area contributed by atoms with E-state index in [-0.39, 0.29) is 11.2 Å². The van der Waals surface area contributed by atoms with Crippen LogP contribution >= 0.6 is 0 Å². The normalized spacial score (nSPS) is 51.5. The molecular formula is C15H26O2. The fraction of sp³-hybridized carbons (Fsp3) is 1.00. The molecule has 2 heteroatoms. The van der Waals surface area contributed by atoms with Gasteiger partial charge in [-0.25, -0.2) is 0 Å². The third-order valence-corrected chi connectivity index (χ3v) is 6.34. The molecule has 1 aliphatic heterocycles. The van der Waals surface area contributed by atoms with Gasteiger partial charge in [0.25, 0.3) is 0 Å². The van der Waals surface area contributed by atoms with Crippen molar-refractivity contribution in [2.75, 3.05) is 6.61 Å². The Hall–Kier alpha value is -0.0800. The molecule has 3 aliphatic rings. The zero-order chi connectivity index (χ0) is 12.3. The Balaban J connectivity index is 1.98. The van der Waals surface area contributed by atoms with Crippen LogP contribution in [0.4, 0.5) is 0 Å². The van der Waals surface area contributed by atoms with E-state index in [9.17, 15) is 0 Å². The van der Waals surface area contributed by atoms with E-state index in [0.29, 0.717) is 11.5 Å². The number of hydrogen-bond donors (Lipinski definition) is 0. The summed E-state index contributed by atoms with van der Waals surface area (Å²) in [6, 6.07) is 0. The van der Waals surface area contributed by atoms with Gasteiger partial charge >= 0.3 is 0 Å². The van der Waals surface area contributed by atoms with Crippen LogP contribution in [-0.2, 0) is 9.47 Å². The van der Waals surface area contributed by atoms with Crippen molar-refractivity contribution in [1.82, 2.24) is 0 Å². The average molecular weight is 238 g/mol. The molecule has 0 N–H and O–H groups in total. The van der Waals surface area contributed by atoms with Crippen molar-refractivity contribution in [3.8, 4) is 0 Å². The van der Waals surface area contributed by atoms with Crippen LogP contribution < -0.4 is 0 Å². The molecule has 2 bridgehead atoms. The van der Waals surface area contributed by atoms with Crippen molar-refractivity contribution < 1.29 is 9.47 Å². The van der Waals surface area contributed by atoms with Crippen LogP contribution in [0.2, 0.25) is 0 Å². The molecule has 2 nitrogen and oxygen atoms in total. The Kier molecular flexibility index (Phi) is 2.45. The first-order valence-electron chi connectivity index (χ1n) is 7.33. The average Bonchev–Trinajstić information content (AvgIpc) is 2.88. The standard InChI is InChI=1S/C15H26O2/c1-5-12-10-16-15(17-12)9-11-7-8-14(15,6-2)13(11,3)4/h11-12H,5-10H2,1-4H3/t11?,12-,14?,15?/m1/s1. The number of rotatable bonds is 2. The maximum Gasteiger partial charge on any atom is 0.175 e. The van der Waals surface area contributed by atoms with Crippen molar-refractivity contribution in [3.63, 3.8) is 0 Å². The summed E-state index contributed by atoms with van der Waals surface area (Å²) < 4.78 is 12.6. The van der Waals surface area contributed by atoms with E-state index in [0.717, 1.165) is 25.4 Å². The lowest BCUT2D eigenvalue weighted by Crippen LogP contribution is -2.50. The number of fused-ring (bicyclic) bond motifs is 3. The largest absolute Gasteiger partial charge is 0.347 e. The van der Waals surface area contributed by atoms with Crippen molar-refractivity contribution in [3.05, 3.63) is 0 Å². The van der Waals surface area contributed by atoms with Gasteiger partial charge < -0.3 is 9.47 Å². The van der Waals surface area contributed by atoms with Crippen molar-refractivity contribution in [2.24, 2.45) is 16.7 Å². The minimum atomic E-state index is -0.241. The monoisotopic (exact) mass is 238 g/mol. The SMILES string of the molecule is CC[C@@H]1COC2(CC3CCC2(CC)C3(C)C)O1. The zero-order valence-corrected chi connectivity index (χ0v) is 11.7. The van der Waals surface area contributed by atoms with Gasteiger partial charge in [-0.1, -0.05) is 27.7 Å². The molecule has 3 unspecified atom stereocenters. The van der Waals surface area contributed by atoms with Crippen LogP contribution in [0.3, 0.4) is 0 Å². The van der Waals surface area contributed by atoms with Gasteiger partial charge in [-0.05, 0) is 37.0 Å². The third-order valence-electron chi connectivity index (χ3n) is 6.34. The topological polar surface area (TPSA) is 18.5 Å². The van der Waals surface area contributed by atoms with E-state index in [2.05, 4.69) is 27.7 Å². The summed E-state index contributed by atoms with van der Waals surface area (Å²) in [5.74, 6) is 0.549. The molecule has 0 aromatic rings. The van der Waals surface area contributed by atoms with Gasteiger partial charge in [0.05, 0.1) is 12.7 Å². The maximum absolute atomic E-state index is 6.40. The first-order chi connectivity index (χ1) is 8.01. The molecule has 0 aromatic carbocycles. The fourth-order valence-corrected chi connectivity index (χ4v) is 5.08. The second-order valence-electron chi connectivity index (χ2n) is 6.81. The van der Waals surface area contributed by atoms with E-state index in [4.69, 9.17) is 9.47 Å². The summed E-state index contributed by atoms with van der Waals surface area (Å²) in [4.78, 5) is 0. The zero-order valence-electron chi connectivity index (χ0n) is 11.7. The van der Waals surface area contributed by atoms with Crippen molar-refractivity contribution >= 4 is 0 Å². The molecule has 0 aromatic heterocycles. The van der Waals surface area contributed by atoms with Gasteiger partial charge in [0.1, 0.15) is 0 Å². The molecule has 4 atom stereocenters. The van der Waals surface area contributed by atoms with Crippen LogP contribution in [0, 0.1) is 16.7 Å². The van der Waals surface area contributed by atoms with Crippen molar-refractivity contribution in [2.45, 2.75) is 71.7 Å². The molecule has 3 fully saturated rings. The highest BCUT2D eigenvalue weighted by molar-refractivity contribution is 5.17. The first kappa shape index (κ1) is 12.0. The minimum absolute atomic E-state index is 0.241. The molecule has 3 rings (SSSR count).